The van der Waals surface area contributed by atoms with Crippen LogP contribution in [0.4, 0.5) is 6.01 Å². The zero-order valence-corrected chi connectivity index (χ0v) is 6.79. The molecular formula is C8H12N2O. The van der Waals surface area contributed by atoms with Crippen molar-refractivity contribution in [1.82, 2.24) is 4.98 Å². The molecule has 0 bridgehead atoms. The first-order chi connectivity index (χ1) is 5.25. The number of aryl methyl sites for hydroxylation is 1. The van der Waals surface area contributed by atoms with Crippen LogP contribution >= 0.6 is 0 Å². The van der Waals surface area contributed by atoms with Gasteiger partial charge in [0, 0.05) is 6.04 Å². The highest BCUT2D eigenvalue weighted by molar-refractivity contribution is 5.26. The van der Waals surface area contributed by atoms with Gasteiger partial charge in [-0.1, -0.05) is 6.92 Å². The number of nitrogens with one attached hydrogen (secondary N) is 1. The third-order valence-electron chi connectivity index (χ3n) is 2.04. The van der Waals surface area contributed by atoms with E-state index in [4.69, 9.17) is 4.42 Å². The molecule has 2 rings (SSSR count). The third-order valence-corrected chi connectivity index (χ3v) is 2.04. The molecule has 60 valence electrons. The van der Waals surface area contributed by atoms with Gasteiger partial charge >= 0.3 is 0 Å². The first-order valence-electron chi connectivity index (χ1n) is 3.94. The molecule has 0 amide bonds. The van der Waals surface area contributed by atoms with Crippen molar-refractivity contribution < 1.29 is 4.42 Å². The largest absolute Gasteiger partial charge is 0.432 e. The van der Waals surface area contributed by atoms with Crippen LogP contribution in [0.5, 0.6) is 0 Å². The molecule has 1 aliphatic carbocycles. The number of anilines is 1. The summed E-state index contributed by atoms with van der Waals surface area (Å²) < 4.78 is 5.14. The van der Waals surface area contributed by atoms with Gasteiger partial charge in [-0.05, 0) is 19.3 Å². The van der Waals surface area contributed by atoms with Gasteiger partial charge < -0.3 is 9.73 Å². The maximum atomic E-state index is 5.14. The van der Waals surface area contributed by atoms with Crippen LogP contribution in [0.1, 0.15) is 19.0 Å². The Balaban J connectivity index is 1.96. The van der Waals surface area contributed by atoms with Gasteiger partial charge in [0.25, 0.3) is 6.01 Å². The molecule has 2 atom stereocenters. The lowest BCUT2D eigenvalue weighted by atomic mass is 10.5. The minimum Gasteiger partial charge on any atom is -0.432 e. The Labute approximate surface area is 65.8 Å². The molecule has 0 saturated heterocycles. The van der Waals surface area contributed by atoms with E-state index < -0.39 is 0 Å². The van der Waals surface area contributed by atoms with E-state index in [1.54, 1.807) is 6.26 Å². The Morgan fingerprint density at radius 3 is 2.91 bits per heavy atom. The summed E-state index contributed by atoms with van der Waals surface area (Å²) >= 11 is 0. The van der Waals surface area contributed by atoms with Gasteiger partial charge in [-0.3, -0.25) is 0 Å². The number of hydrogen-bond donors (Lipinski definition) is 1. The molecule has 1 fully saturated rings. The van der Waals surface area contributed by atoms with Crippen molar-refractivity contribution in [3.05, 3.63) is 12.0 Å². The summed E-state index contributed by atoms with van der Waals surface area (Å²) in [6.07, 6.45) is 2.90. The summed E-state index contributed by atoms with van der Waals surface area (Å²) in [5, 5.41) is 3.21. The van der Waals surface area contributed by atoms with E-state index in [-0.39, 0.29) is 0 Å². The van der Waals surface area contributed by atoms with Gasteiger partial charge in [0.1, 0.15) is 6.26 Å². The maximum absolute atomic E-state index is 5.14. The fraction of sp³-hybridized carbons (Fsp3) is 0.625. The predicted molar refractivity (Wildman–Crippen MR) is 42.4 cm³/mol. The van der Waals surface area contributed by atoms with Crippen molar-refractivity contribution in [2.45, 2.75) is 26.3 Å². The molecule has 1 saturated carbocycles. The number of hydrogen-bond acceptors (Lipinski definition) is 3. The molecule has 3 heteroatoms. The zero-order chi connectivity index (χ0) is 7.84. The van der Waals surface area contributed by atoms with E-state index in [0.717, 1.165) is 11.6 Å². The number of oxazole rings is 1. The van der Waals surface area contributed by atoms with Crippen molar-refractivity contribution in [2.24, 2.45) is 5.92 Å². The second-order valence-electron chi connectivity index (χ2n) is 3.26. The molecule has 3 nitrogen and oxygen atoms in total. The lowest BCUT2D eigenvalue weighted by Gasteiger charge is -1.95. The Kier molecular flexibility index (Phi) is 1.37. The van der Waals surface area contributed by atoms with E-state index in [1.807, 2.05) is 6.92 Å². The Hall–Kier alpha value is -0.990. The number of rotatable bonds is 2. The third kappa shape index (κ3) is 1.37. The Morgan fingerprint density at radius 2 is 2.45 bits per heavy atom. The van der Waals surface area contributed by atoms with Crippen molar-refractivity contribution in [2.75, 3.05) is 5.32 Å². The molecule has 1 aromatic heterocycles. The highest BCUT2D eigenvalue weighted by Gasteiger charge is 2.33. The van der Waals surface area contributed by atoms with Crippen LogP contribution in [0.2, 0.25) is 0 Å². The van der Waals surface area contributed by atoms with Crippen molar-refractivity contribution in [3.63, 3.8) is 0 Å². The van der Waals surface area contributed by atoms with Crippen LogP contribution < -0.4 is 5.32 Å². The molecule has 1 N–H and O–H groups in total. The summed E-state index contributed by atoms with van der Waals surface area (Å²) in [5.41, 5.74) is 0.931. The van der Waals surface area contributed by atoms with Crippen LogP contribution in [-0.4, -0.2) is 11.0 Å². The van der Waals surface area contributed by atoms with Crippen LogP contribution in [0, 0.1) is 12.8 Å². The first-order valence-corrected chi connectivity index (χ1v) is 3.94. The summed E-state index contributed by atoms with van der Waals surface area (Å²) in [6, 6.07) is 1.25. The van der Waals surface area contributed by atoms with Crippen molar-refractivity contribution in [3.8, 4) is 0 Å². The monoisotopic (exact) mass is 152 g/mol. The van der Waals surface area contributed by atoms with E-state index in [2.05, 4.69) is 17.2 Å². The molecule has 11 heavy (non-hydrogen) atoms. The van der Waals surface area contributed by atoms with Crippen LogP contribution in [-0.2, 0) is 0 Å². The zero-order valence-electron chi connectivity index (χ0n) is 6.79. The average Bonchev–Trinajstić information content (AvgIpc) is 2.42. The molecule has 1 aliphatic rings. The molecule has 1 aromatic rings. The Morgan fingerprint density at radius 1 is 1.73 bits per heavy atom. The van der Waals surface area contributed by atoms with Gasteiger partial charge in [-0.2, -0.15) is 4.98 Å². The van der Waals surface area contributed by atoms with Crippen molar-refractivity contribution in [1.29, 1.82) is 0 Å². The second-order valence-corrected chi connectivity index (χ2v) is 3.26. The van der Waals surface area contributed by atoms with Gasteiger partial charge in [-0.25, -0.2) is 0 Å². The summed E-state index contributed by atoms with van der Waals surface area (Å²) in [7, 11) is 0. The van der Waals surface area contributed by atoms with Crippen LogP contribution in [0.25, 0.3) is 0 Å². The van der Waals surface area contributed by atoms with Gasteiger partial charge in [0.05, 0.1) is 5.69 Å². The van der Waals surface area contributed by atoms with E-state index in [1.165, 1.54) is 6.42 Å². The minimum absolute atomic E-state index is 0.591. The molecule has 0 radical (unpaired) electrons. The smallest absolute Gasteiger partial charge is 0.294 e. The van der Waals surface area contributed by atoms with Gasteiger partial charge in [0.15, 0.2) is 0 Å². The SMILES string of the molecule is Cc1coc(N[C@@H]2C[C@H]2C)n1. The quantitative estimate of drug-likeness (QED) is 0.702. The molecular weight excluding hydrogens is 140 g/mol. The molecule has 0 spiro atoms. The number of nitrogens with zero attached hydrogens (tertiary/aromatic N) is 1. The molecule has 1 heterocycles. The summed E-state index contributed by atoms with van der Waals surface area (Å²) in [5.74, 6) is 0.780. The van der Waals surface area contributed by atoms with E-state index in [9.17, 15) is 0 Å². The normalized spacial score (nSPS) is 28.5. The van der Waals surface area contributed by atoms with Crippen molar-refractivity contribution >= 4 is 6.01 Å². The average molecular weight is 152 g/mol. The second kappa shape index (κ2) is 2.26. The lowest BCUT2D eigenvalue weighted by Crippen LogP contribution is -2.03. The van der Waals surface area contributed by atoms with Crippen LogP contribution in [0.15, 0.2) is 10.7 Å². The highest BCUT2D eigenvalue weighted by Crippen LogP contribution is 2.32. The first kappa shape index (κ1) is 6.70. The van der Waals surface area contributed by atoms with Gasteiger partial charge in [-0.15, -0.1) is 0 Å². The fourth-order valence-electron chi connectivity index (χ4n) is 1.10. The fourth-order valence-corrected chi connectivity index (χ4v) is 1.10. The maximum Gasteiger partial charge on any atom is 0.294 e. The van der Waals surface area contributed by atoms with Crippen LogP contribution in [0.3, 0.4) is 0 Å². The van der Waals surface area contributed by atoms with Gasteiger partial charge in [0.2, 0.25) is 0 Å². The highest BCUT2D eigenvalue weighted by atomic mass is 16.4. The number of aromatic nitrogens is 1. The standard InChI is InChI=1S/C8H12N2O/c1-5-3-7(5)10-8-9-6(2)4-11-8/h4-5,7H,3H2,1-2H3,(H,9,10)/t5-,7-/m1/s1. The summed E-state index contributed by atoms with van der Waals surface area (Å²) in [6.45, 7) is 4.14. The Bertz CT molecular complexity index is 256. The summed E-state index contributed by atoms with van der Waals surface area (Å²) in [4.78, 5) is 4.15. The minimum atomic E-state index is 0.591. The lowest BCUT2D eigenvalue weighted by molar-refractivity contribution is 0.568. The topological polar surface area (TPSA) is 38.1 Å². The van der Waals surface area contributed by atoms with E-state index >= 15 is 0 Å². The van der Waals surface area contributed by atoms with E-state index in [0.29, 0.717) is 12.1 Å². The molecule has 0 unspecified atom stereocenters. The molecule has 0 aromatic carbocycles. The predicted octanol–water partition coefficient (Wildman–Crippen LogP) is 1.80. The molecule has 0 aliphatic heterocycles.